The second-order valence-corrected chi connectivity index (χ2v) is 6.17. The second-order valence-electron chi connectivity index (χ2n) is 4.60. The Hall–Kier alpha value is -2.09. The van der Waals surface area contributed by atoms with Crippen LogP contribution in [0.1, 0.15) is 25.3 Å². The first-order valence-electron chi connectivity index (χ1n) is 6.63. The first-order valence-corrected chi connectivity index (χ1v) is 8.45. The van der Waals surface area contributed by atoms with Crippen LogP contribution >= 0.6 is 0 Å². The maximum Gasteiger partial charge on any atom is 0.315 e. The molecule has 1 unspecified atom stereocenters. The fraction of sp³-hybridized carbons (Fsp3) is 0.429. The standard InChI is InChI=1S/C14H19NO6S/c1-4-20-14(17)13(9-15-10(2)16)11-5-7-12(8-6-11)21-22(3,18)19/h5-8,13H,4,9H2,1-3H3,(H,15,16). The molecule has 7 nitrogen and oxygen atoms in total. The van der Waals surface area contributed by atoms with Gasteiger partial charge in [0.2, 0.25) is 5.91 Å². The topological polar surface area (TPSA) is 98.8 Å². The van der Waals surface area contributed by atoms with Crippen LogP contribution in [0.2, 0.25) is 0 Å². The van der Waals surface area contributed by atoms with E-state index in [9.17, 15) is 18.0 Å². The van der Waals surface area contributed by atoms with Gasteiger partial charge in [-0.2, -0.15) is 8.42 Å². The van der Waals surface area contributed by atoms with E-state index < -0.39 is 22.0 Å². The summed E-state index contributed by atoms with van der Waals surface area (Å²) >= 11 is 0. The number of carbonyl (C=O) groups excluding carboxylic acids is 2. The molecule has 0 aliphatic carbocycles. The lowest BCUT2D eigenvalue weighted by molar-refractivity contribution is -0.144. The quantitative estimate of drug-likeness (QED) is 0.587. The lowest BCUT2D eigenvalue weighted by Gasteiger charge is -2.16. The smallest absolute Gasteiger partial charge is 0.315 e. The first kappa shape index (κ1) is 18.0. The van der Waals surface area contributed by atoms with Crippen molar-refractivity contribution in [1.29, 1.82) is 0 Å². The van der Waals surface area contributed by atoms with Gasteiger partial charge in [-0.05, 0) is 24.6 Å². The fourth-order valence-electron chi connectivity index (χ4n) is 1.76. The van der Waals surface area contributed by atoms with Crippen molar-refractivity contribution in [3.8, 4) is 5.75 Å². The number of amides is 1. The minimum absolute atomic E-state index is 0.0977. The lowest BCUT2D eigenvalue weighted by Crippen LogP contribution is -2.31. The Morgan fingerprint density at radius 3 is 2.27 bits per heavy atom. The average molecular weight is 329 g/mol. The zero-order valence-corrected chi connectivity index (χ0v) is 13.5. The zero-order valence-electron chi connectivity index (χ0n) is 12.7. The normalized spacial score (nSPS) is 12.3. The van der Waals surface area contributed by atoms with E-state index in [1.165, 1.54) is 19.1 Å². The van der Waals surface area contributed by atoms with Crippen LogP contribution in [0.3, 0.4) is 0 Å². The lowest BCUT2D eigenvalue weighted by atomic mass is 9.99. The van der Waals surface area contributed by atoms with Crippen molar-refractivity contribution in [2.24, 2.45) is 0 Å². The summed E-state index contributed by atoms with van der Waals surface area (Å²) in [6.07, 6.45) is 0.944. The molecule has 1 atom stereocenters. The molecule has 0 saturated carbocycles. The second kappa shape index (κ2) is 7.79. The zero-order chi connectivity index (χ0) is 16.8. The predicted octanol–water partition coefficient (Wildman–Crippen LogP) is 0.808. The average Bonchev–Trinajstić information content (AvgIpc) is 2.39. The molecule has 0 aliphatic rings. The molecule has 0 bridgehead atoms. The van der Waals surface area contributed by atoms with Gasteiger partial charge in [-0.3, -0.25) is 9.59 Å². The van der Waals surface area contributed by atoms with Crippen LogP contribution in [0.4, 0.5) is 0 Å². The monoisotopic (exact) mass is 329 g/mol. The number of hydrogen-bond acceptors (Lipinski definition) is 6. The van der Waals surface area contributed by atoms with Crippen LogP contribution < -0.4 is 9.50 Å². The maximum absolute atomic E-state index is 12.0. The van der Waals surface area contributed by atoms with E-state index >= 15 is 0 Å². The number of esters is 1. The van der Waals surface area contributed by atoms with Crippen molar-refractivity contribution in [1.82, 2.24) is 5.32 Å². The molecule has 8 heteroatoms. The van der Waals surface area contributed by atoms with E-state index in [1.54, 1.807) is 19.1 Å². The Morgan fingerprint density at radius 2 is 1.82 bits per heavy atom. The van der Waals surface area contributed by atoms with Gasteiger partial charge in [-0.15, -0.1) is 0 Å². The number of nitrogens with one attached hydrogen (secondary N) is 1. The number of rotatable bonds is 7. The van der Waals surface area contributed by atoms with E-state index in [2.05, 4.69) is 5.32 Å². The Morgan fingerprint density at radius 1 is 1.23 bits per heavy atom. The summed E-state index contributed by atoms with van der Waals surface area (Å²) in [6, 6.07) is 6.00. The molecule has 0 heterocycles. The highest BCUT2D eigenvalue weighted by atomic mass is 32.2. The molecule has 0 aromatic heterocycles. The molecular weight excluding hydrogens is 310 g/mol. The van der Waals surface area contributed by atoms with Gasteiger partial charge in [-0.25, -0.2) is 0 Å². The van der Waals surface area contributed by atoms with Crippen LogP contribution in [0.25, 0.3) is 0 Å². The van der Waals surface area contributed by atoms with Gasteiger partial charge < -0.3 is 14.2 Å². The van der Waals surface area contributed by atoms with Crippen molar-refractivity contribution >= 4 is 22.0 Å². The van der Waals surface area contributed by atoms with E-state index in [4.69, 9.17) is 8.92 Å². The molecule has 1 rings (SSSR count). The molecule has 0 spiro atoms. The van der Waals surface area contributed by atoms with Gasteiger partial charge in [0.25, 0.3) is 0 Å². The van der Waals surface area contributed by atoms with Gasteiger partial charge in [0.05, 0.1) is 18.8 Å². The predicted molar refractivity (Wildman–Crippen MR) is 80.0 cm³/mol. The molecular formula is C14H19NO6S. The Kier molecular flexibility index (Phi) is 6.36. The highest BCUT2D eigenvalue weighted by molar-refractivity contribution is 7.86. The maximum atomic E-state index is 12.0. The Balaban J connectivity index is 2.93. The van der Waals surface area contributed by atoms with E-state index in [0.717, 1.165) is 6.26 Å². The van der Waals surface area contributed by atoms with Gasteiger partial charge in [0.15, 0.2) is 0 Å². The molecule has 0 radical (unpaired) electrons. The van der Waals surface area contributed by atoms with Crippen LogP contribution in [0.5, 0.6) is 5.75 Å². The number of carbonyl (C=O) groups is 2. The van der Waals surface area contributed by atoms with Crippen LogP contribution in [-0.2, 0) is 24.4 Å². The molecule has 1 N–H and O–H groups in total. The number of hydrogen-bond donors (Lipinski definition) is 1. The van der Waals surface area contributed by atoms with Crippen molar-refractivity contribution in [2.45, 2.75) is 19.8 Å². The SMILES string of the molecule is CCOC(=O)C(CNC(C)=O)c1ccc(OS(C)(=O)=O)cc1. The third-order valence-electron chi connectivity index (χ3n) is 2.66. The van der Waals surface area contributed by atoms with Crippen molar-refractivity contribution in [2.75, 3.05) is 19.4 Å². The Labute approximate surface area is 129 Å². The summed E-state index contributed by atoms with van der Waals surface area (Å²) in [5.74, 6) is -1.25. The molecule has 0 aliphatic heterocycles. The highest BCUT2D eigenvalue weighted by Gasteiger charge is 2.22. The van der Waals surface area contributed by atoms with Crippen molar-refractivity contribution in [3.63, 3.8) is 0 Å². The third kappa shape index (κ3) is 6.13. The fourth-order valence-corrected chi connectivity index (χ4v) is 2.22. The van der Waals surface area contributed by atoms with Crippen molar-refractivity contribution < 1.29 is 26.9 Å². The molecule has 0 saturated heterocycles. The summed E-state index contributed by atoms with van der Waals surface area (Å²) in [6.45, 7) is 3.37. The highest BCUT2D eigenvalue weighted by Crippen LogP contribution is 2.21. The van der Waals surface area contributed by atoms with Gasteiger partial charge in [-0.1, -0.05) is 12.1 Å². The first-order chi connectivity index (χ1) is 10.2. The van der Waals surface area contributed by atoms with Gasteiger partial charge in [0.1, 0.15) is 5.75 Å². The Bertz CT molecular complexity index is 623. The third-order valence-corrected chi connectivity index (χ3v) is 3.15. The summed E-state index contributed by atoms with van der Waals surface area (Å²) in [7, 11) is -3.61. The van der Waals surface area contributed by atoms with Crippen LogP contribution in [0, 0.1) is 0 Å². The van der Waals surface area contributed by atoms with E-state index in [-0.39, 0.29) is 24.8 Å². The summed E-state index contributed by atoms with van der Waals surface area (Å²) < 4.78 is 31.8. The summed E-state index contributed by atoms with van der Waals surface area (Å²) in [5.41, 5.74) is 0.591. The minimum Gasteiger partial charge on any atom is -0.465 e. The minimum atomic E-state index is -3.61. The van der Waals surface area contributed by atoms with Gasteiger partial charge in [0, 0.05) is 13.5 Å². The summed E-state index contributed by atoms with van der Waals surface area (Å²) in [5, 5.41) is 2.57. The molecule has 0 fully saturated rings. The van der Waals surface area contributed by atoms with Crippen LogP contribution in [0.15, 0.2) is 24.3 Å². The molecule has 1 aromatic rings. The summed E-state index contributed by atoms with van der Waals surface area (Å²) in [4.78, 5) is 23.0. The van der Waals surface area contributed by atoms with E-state index in [0.29, 0.717) is 5.56 Å². The number of benzene rings is 1. The van der Waals surface area contributed by atoms with E-state index in [1.807, 2.05) is 0 Å². The molecule has 1 aromatic carbocycles. The van der Waals surface area contributed by atoms with Crippen LogP contribution in [-0.4, -0.2) is 39.7 Å². The molecule has 1 amide bonds. The number of ether oxygens (including phenoxy) is 1. The van der Waals surface area contributed by atoms with Gasteiger partial charge >= 0.3 is 16.1 Å². The van der Waals surface area contributed by atoms with Crippen molar-refractivity contribution in [3.05, 3.63) is 29.8 Å². The molecule has 22 heavy (non-hydrogen) atoms. The largest absolute Gasteiger partial charge is 0.465 e. The molecule has 122 valence electrons.